The van der Waals surface area contributed by atoms with Crippen LogP contribution in [0.3, 0.4) is 0 Å². The van der Waals surface area contributed by atoms with Crippen LogP contribution in [0.25, 0.3) is 0 Å². The van der Waals surface area contributed by atoms with E-state index in [1.54, 1.807) is 6.07 Å². The maximum Gasteiger partial charge on any atom is 0.340 e. The molecule has 0 amide bonds. The number of ether oxygens (including phenoxy) is 1. The van der Waals surface area contributed by atoms with Crippen LogP contribution in [0.15, 0.2) is 59.5 Å². The topological polar surface area (TPSA) is 98.5 Å². The maximum atomic E-state index is 12.8. The van der Waals surface area contributed by atoms with Gasteiger partial charge in [-0.15, -0.1) is 0 Å². The predicted octanol–water partition coefficient (Wildman–Crippen LogP) is 1.77. The molecule has 0 radical (unpaired) electrons. The van der Waals surface area contributed by atoms with Gasteiger partial charge < -0.3 is 10.1 Å². The molecule has 132 valence electrons. The van der Waals surface area contributed by atoms with Gasteiger partial charge in [-0.05, 0) is 30.8 Å². The Morgan fingerprint density at radius 3 is 2.24 bits per heavy atom. The molecule has 1 aliphatic rings. The van der Waals surface area contributed by atoms with Crippen LogP contribution in [0.5, 0.6) is 0 Å². The zero-order valence-corrected chi connectivity index (χ0v) is 14.5. The summed E-state index contributed by atoms with van der Waals surface area (Å²) in [5.74, 6) is -0.685. The molecule has 2 aromatic carbocycles. The molecule has 1 saturated heterocycles. The van der Waals surface area contributed by atoms with Crippen molar-refractivity contribution >= 4 is 16.0 Å². The second-order valence-corrected chi connectivity index (χ2v) is 7.57. The van der Waals surface area contributed by atoms with Crippen molar-refractivity contribution in [2.75, 3.05) is 13.1 Å². The molecule has 6 nitrogen and oxygen atoms in total. The van der Waals surface area contributed by atoms with E-state index in [1.165, 1.54) is 18.2 Å². The molecule has 0 spiro atoms. The third-order valence-corrected chi connectivity index (χ3v) is 5.38. The summed E-state index contributed by atoms with van der Waals surface area (Å²) in [6.45, 7) is 1.41. The van der Waals surface area contributed by atoms with E-state index in [-0.39, 0.29) is 10.5 Å². The first-order valence-electron chi connectivity index (χ1n) is 8.04. The van der Waals surface area contributed by atoms with Crippen molar-refractivity contribution in [1.82, 2.24) is 5.32 Å². The third-order valence-electron chi connectivity index (χ3n) is 4.41. The Morgan fingerprint density at radius 1 is 1.00 bits per heavy atom. The molecule has 1 aliphatic heterocycles. The van der Waals surface area contributed by atoms with E-state index in [9.17, 15) is 13.2 Å². The second-order valence-electron chi connectivity index (χ2n) is 6.04. The molecule has 25 heavy (non-hydrogen) atoms. The van der Waals surface area contributed by atoms with Gasteiger partial charge in [-0.1, -0.05) is 42.5 Å². The zero-order chi connectivity index (χ0) is 17.9. The lowest BCUT2D eigenvalue weighted by Gasteiger charge is -2.37. The highest BCUT2D eigenvalue weighted by molar-refractivity contribution is 7.89. The van der Waals surface area contributed by atoms with Crippen LogP contribution in [0.2, 0.25) is 0 Å². The second kappa shape index (κ2) is 6.95. The Morgan fingerprint density at radius 2 is 1.60 bits per heavy atom. The van der Waals surface area contributed by atoms with Crippen LogP contribution in [0.1, 0.15) is 28.8 Å². The van der Waals surface area contributed by atoms with Crippen LogP contribution in [-0.2, 0) is 20.4 Å². The maximum absolute atomic E-state index is 12.8. The monoisotopic (exact) mass is 360 g/mol. The van der Waals surface area contributed by atoms with Gasteiger partial charge in [0, 0.05) is 12.8 Å². The first-order chi connectivity index (χ1) is 11.9. The molecule has 0 unspecified atom stereocenters. The molecule has 7 heteroatoms. The highest BCUT2D eigenvalue weighted by Gasteiger charge is 2.38. The van der Waals surface area contributed by atoms with Crippen LogP contribution >= 0.6 is 0 Å². The van der Waals surface area contributed by atoms with E-state index in [0.717, 1.165) is 5.56 Å². The van der Waals surface area contributed by atoms with E-state index >= 15 is 0 Å². The van der Waals surface area contributed by atoms with Crippen molar-refractivity contribution in [3.63, 3.8) is 0 Å². The minimum atomic E-state index is -4.02. The fourth-order valence-electron chi connectivity index (χ4n) is 3.14. The third kappa shape index (κ3) is 3.73. The molecule has 2 aromatic rings. The lowest BCUT2D eigenvalue weighted by molar-refractivity contribution is -0.0381. The Kier molecular flexibility index (Phi) is 4.89. The summed E-state index contributed by atoms with van der Waals surface area (Å²) in [7, 11) is -4.02. The average Bonchev–Trinajstić information content (AvgIpc) is 2.62. The molecule has 0 bridgehead atoms. The van der Waals surface area contributed by atoms with Crippen molar-refractivity contribution in [2.24, 2.45) is 5.14 Å². The van der Waals surface area contributed by atoms with Gasteiger partial charge in [0.15, 0.2) is 0 Å². The van der Waals surface area contributed by atoms with Gasteiger partial charge in [0.2, 0.25) is 10.0 Å². The summed E-state index contributed by atoms with van der Waals surface area (Å²) in [5.41, 5.74) is 0.0755. The van der Waals surface area contributed by atoms with Crippen LogP contribution in [-0.4, -0.2) is 27.5 Å². The number of carbonyl (C=O) groups is 1. The molecular formula is C18H20N2O4S. The Bertz CT molecular complexity index is 860. The summed E-state index contributed by atoms with van der Waals surface area (Å²) < 4.78 is 29.4. The van der Waals surface area contributed by atoms with Gasteiger partial charge in [-0.3, -0.25) is 0 Å². The average molecular weight is 360 g/mol. The fourth-order valence-corrected chi connectivity index (χ4v) is 3.86. The van der Waals surface area contributed by atoms with Gasteiger partial charge >= 0.3 is 5.97 Å². The van der Waals surface area contributed by atoms with Gasteiger partial charge in [-0.2, -0.15) is 0 Å². The molecule has 0 atom stereocenters. The number of esters is 1. The lowest BCUT2D eigenvalue weighted by Crippen LogP contribution is -2.43. The first-order valence-corrected chi connectivity index (χ1v) is 9.58. The van der Waals surface area contributed by atoms with Gasteiger partial charge in [0.05, 0.1) is 10.5 Å². The summed E-state index contributed by atoms with van der Waals surface area (Å²) >= 11 is 0. The van der Waals surface area contributed by atoms with E-state index in [2.05, 4.69) is 5.32 Å². The smallest absolute Gasteiger partial charge is 0.340 e. The van der Waals surface area contributed by atoms with E-state index in [0.29, 0.717) is 25.9 Å². The molecule has 3 rings (SSSR count). The van der Waals surface area contributed by atoms with Gasteiger partial charge in [0.25, 0.3) is 0 Å². The van der Waals surface area contributed by atoms with Crippen LogP contribution < -0.4 is 10.5 Å². The summed E-state index contributed by atoms with van der Waals surface area (Å²) in [5, 5.41) is 8.48. The van der Waals surface area contributed by atoms with Crippen LogP contribution in [0, 0.1) is 0 Å². The summed E-state index contributed by atoms with van der Waals surface area (Å²) in [6, 6.07) is 15.4. The SMILES string of the molecule is NS(=O)(=O)c1ccccc1C(=O)OC1(c2ccccc2)CCNCC1. The normalized spacial score (nSPS) is 17.0. The number of nitrogens with one attached hydrogen (secondary N) is 1. The van der Waals surface area contributed by atoms with Crippen molar-refractivity contribution in [3.8, 4) is 0 Å². The standard InChI is InChI=1S/C18H20N2O4S/c19-25(22,23)16-9-5-4-8-15(16)17(21)24-18(10-12-20-13-11-18)14-6-2-1-3-7-14/h1-9,20H,10-13H2,(H2,19,22,23). The van der Waals surface area contributed by atoms with E-state index in [1.807, 2.05) is 30.3 Å². The number of hydrogen-bond acceptors (Lipinski definition) is 5. The summed E-state index contributed by atoms with van der Waals surface area (Å²) in [4.78, 5) is 12.6. The molecule has 0 aromatic heterocycles. The number of primary sulfonamides is 1. The number of piperidine rings is 1. The molecule has 0 saturated carbocycles. The lowest BCUT2D eigenvalue weighted by atomic mass is 9.84. The number of hydrogen-bond donors (Lipinski definition) is 2. The molecule has 1 heterocycles. The zero-order valence-electron chi connectivity index (χ0n) is 13.6. The molecule has 0 aliphatic carbocycles. The van der Waals surface area contributed by atoms with E-state index < -0.39 is 21.6 Å². The van der Waals surface area contributed by atoms with Crippen molar-refractivity contribution in [3.05, 3.63) is 65.7 Å². The fraction of sp³-hybridized carbons (Fsp3) is 0.278. The quantitative estimate of drug-likeness (QED) is 0.810. The number of carbonyl (C=O) groups excluding carboxylic acids is 1. The van der Waals surface area contributed by atoms with Crippen molar-refractivity contribution in [1.29, 1.82) is 0 Å². The predicted molar refractivity (Wildman–Crippen MR) is 93.5 cm³/mol. The van der Waals surface area contributed by atoms with Crippen LogP contribution in [0.4, 0.5) is 0 Å². The number of nitrogens with two attached hydrogens (primary N) is 1. The minimum absolute atomic E-state index is 0.0427. The van der Waals surface area contributed by atoms with Crippen molar-refractivity contribution in [2.45, 2.75) is 23.3 Å². The number of benzene rings is 2. The largest absolute Gasteiger partial charge is 0.450 e. The number of rotatable bonds is 4. The van der Waals surface area contributed by atoms with E-state index in [4.69, 9.17) is 9.88 Å². The molecule has 1 fully saturated rings. The van der Waals surface area contributed by atoms with Gasteiger partial charge in [0.1, 0.15) is 5.60 Å². The minimum Gasteiger partial charge on any atom is -0.450 e. The first kappa shape index (κ1) is 17.6. The molecule has 3 N–H and O–H groups in total. The molecular weight excluding hydrogens is 340 g/mol. The van der Waals surface area contributed by atoms with Crippen molar-refractivity contribution < 1.29 is 17.9 Å². The number of sulfonamides is 1. The highest BCUT2D eigenvalue weighted by atomic mass is 32.2. The van der Waals surface area contributed by atoms with Gasteiger partial charge in [-0.25, -0.2) is 18.4 Å². The Labute approximate surface area is 147 Å². The Hall–Kier alpha value is -2.22. The Balaban J connectivity index is 1.98. The highest BCUT2D eigenvalue weighted by Crippen LogP contribution is 2.36. The summed E-state index contributed by atoms with van der Waals surface area (Å²) in [6.07, 6.45) is 1.22.